The Morgan fingerprint density at radius 3 is 2.36 bits per heavy atom. The van der Waals surface area contributed by atoms with Crippen LogP contribution < -0.4 is 14.8 Å². The fourth-order valence-corrected chi connectivity index (χ4v) is 6.56. The number of nitrogens with one attached hydrogen (secondary N) is 1. The number of methoxy groups -OCH3 is 2. The summed E-state index contributed by atoms with van der Waals surface area (Å²) in [4.78, 5) is 28.2. The molecular weight excluding hydrogens is 452 g/mol. The van der Waals surface area contributed by atoms with E-state index in [1.165, 1.54) is 18.4 Å². The third kappa shape index (κ3) is 4.82. The quantitative estimate of drug-likeness (QED) is 0.592. The van der Waals surface area contributed by atoms with Gasteiger partial charge in [-0.25, -0.2) is 0 Å². The van der Waals surface area contributed by atoms with Crippen molar-refractivity contribution in [3.63, 3.8) is 0 Å². The van der Waals surface area contributed by atoms with Crippen LogP contribution in [0.1, 0.15) is 56.1 Å². The van der Waals surface area contributed by atoms with E-state index in [1.807, 2.05) is 23.1 Å². The number of carbonyl (C=O) groups is 2. The average Bonchev–Trinajstić information content (AvgIpc) is 3.39. The van der Waals surface area contributed by atoms with Gasteiger partial charge in [-0.2, -0.15) is 0 Å². The minimum absolute atomic E-state index is 0.0735. The highest BCUT2D eigenvalue weighted by atomic mass is 16.5. The molecule has 3 aliphatic rings. The number of ether oxygens (including phenoxy) is 2. The van der Waals surface area contributed by atoms with Crippen LogP contribution in [0, 0.1) is 11.3 Å². The number of amides is 2. The van der Waals surface area contributed by atoms with E-state index >= 15 is 0 Å². The number of nitrogens with zero attached hydrogens (tertiary/aromatic N) is 1. The van der Waals surface area contributed by atoms with Crippen molar-refractivity contribution in [1.29, 1.82) is 0 Å². The number of rotatable bonds is 8. The molecule has 5 rings (SSSR count). The van der Waals surface area contributed by atoms with Crippen molar-refractivity contribution in [2.75, 3.05) is 33.9 Å². The summed E-state index contributed by atoms with van der Waals surface area (Å²) < 4.78 is 10.8. The Kier molecular flexibility index (Phi) is 6.96. The molecule has 1 saturated heterocycles. The Bertz CT molecular complexity index is 1090. The Morgan fingerprint density at radius 1 is 0.972 bits per heavy atom. The fourth-order valence-electron chi connectivity index (χ4n) is 6.56. The monoisotopic (exact) mass is 490 g/mol. The second kappa shape index (κ2) is 10.2. The lowest BCUT2D eigenvalue weighted by atomic mass is 9.78. The van der Waals surface area contributed by atoms with Gasteiger partial charge in [0.15, 0.2) is 0 Å². The van der Waals surface area contributed by atoms with Gasteiger partial charge in [0.05, 0.1) is 20.6 Å². The molecule has 2 aromatic rings. The molecule has 1 atom stereocenters. The second-order valence-electron chi connectivity index (χ2n) is 10.9. The molecule has 2 saturated carbocycles. The zero-order valence-electron chi connectivity index (χ0n) is 21.6. The van der Waals surface area contributed by atoms with Crippen molar-refractivity contribution in [1.82, 2.24) is 10.2 Å². The molecule has 36 heavy (non-hydrogen) atoms. The van der Waals surface area contributed by atoms with E-state index in [2.05, 4.69) is 35.6 Å². The smallest absolute Gasteiger partial charge is 0.227 e. The van der Waals surface area contributed by atoms with E-state index in [1.54, 1.807) is 14.2 Å². The summed E-state index contributed by atoms with van der Waals surface area (Å²) in [6, 6.07) is 16.2. The molecule has 6 nitrogen and oxygen atoms in total. The molecule has 3 fully saturated rings. The number of hydrogen-bond acceptors (Lipinski definition) is 4. The second-order valence-corrected chi connectivity index (χ2v) is 10.9. The molecule has 1 heterocycles. The fraction of sp³-hybridized carbons (Fsp3) is 0.533. The van der Waals surface area contributed by atoms with Crippen LogP contribution in [0.15, 0.2) is 48.5 Å². The Labute approximate surface area is 214 Å². The van der Waals surface area contributed by atoms with Crippen molar-refractivity contribution in [2.45, 2.75) is 56.8 Å². The molecule has 2 aromatic carbocycles. The first-order valence-electron chi connectivity index (χ1n) is 13.3. The summed E-state index contributed by atoms with van der Waals surface area (Å²) in [5, 5.41) is 3.34. The molecule has 0 bridgehead atoms. The van der Waals surface area contributed by atoms with Gasteiger partial charge in [0.2, 0.25) is 11.8 Å². The SMILES string of the molecule is COc1ccc(OC)c(CC(=O)N2CCC3(CC2)CC3C(=O)NCC2(c3ccccc3)CCCC2)c1. The first-order valence-corrected chi connectivity index (χ1v) is 13.3. The van der Waals surface area contributed by atoms with E-state index in [-0.39, 0.29) is 28.6 Å². The van der Waals surface area contributed by atoms with E-state index in [9.17, 15) is 9.59 Å². The van der Waals surface area contributed by atoms with Crippen LogP contribution in [0.5, 0.6) is 11.5 Å². The minimum atomic E-state index is 0.0735. The lowest BCUT2D eigenvalue weighted by Crippen LogP contribution is -2.43. The first kappa shape index (κ1) is 24.7. The van der Waals surface area contributed by atoms with Crippen LogP contribution in [0.2, 0.25) is 0 Å². The summed E-state index contributed by atoms with van der Waals surface area (Å²) in [5.74, 6) is 1.81. The molecule has 1 spiro atoms. The van der Waals surface area contributed by atoms with Gasteiger partial charge in [0.25, 0.3) is 0 Å². The number of piperidine rings is 1. The number of carbonyl (C=O) groups excluding carboxylic acids is 2. The molecular formula is C30H38N2O4. The van der Waals surface area contributed by atoms with Crippen molar-refractivity contribution >= 4 is 11.8 Å². The van der Waals surface area contributed by atoms with Gasteiger partial charge < -0.3 is 19.7 Å². The molecule has 1 N–H and O–H groups in total. The number of benzene rings is 2. The van der Waals surface area contributed by atoms with E-state index in [0.717, 1.165) is 50.0 Å². The Morgan fingerprint density at radius 2 is 1.69 bits per heavy atom. The van der Waals surface area contributed by atoms with Crippen molar-refractivity contribution in [3.8, 4) is 11.5 Å². The maximum Gasteiger partial charge on any atom is 0.227 e. The predicted molar refractivity (Wildman–Crippen MR) is 139 cm³/mol. The molecule has 6 heteroatoms. The van der Waals surface area contributed by atoms with Gasteiger partial charge in [0, 0.05) is 36.5 Å². The van der Waals surface area contributed by atoms with Crippen LogP contribution in [0.3, 0.4) is 0 Å². The van der Waals surface area contributed by atoms with Crippen molar-refractivity contribution < 1.29 is 19.1 Å². The maximum absolute atomic E-state index is 13.2. The number of hydrogen-bond donors (Lipinski definition) is 1. The largest absolute Gasteiger partial charge is 0.497 e. The van der Waals surface area contributed by atoms with E-state index in [4.69, 9.17) is 9.47 Å². The van der Waals surface area contributed by atoms with Gasteiger partial charge in [-0.05, 0) is 61.3 Å². The molecule has 0 aromatic heterocycles. The van der Waals surface area contributed by atoms with Crippen molar-refractivity contribution in [2.24, 2.45) is 11.3 Å². The average molecular weight is 491 g/mol. The third-order valence-corrected chi connectivity index (χ3v) is 9.00. The van der Waals surface area contributed by atoms with Gasteiger partial charge in [-0.3, -0.25) is 9.59 Å². The summed E-state index contributed by atoms with van der Waals surface area (Å²) in [6.07, 6.45) is 7.77. The lowest BCUT2D eigenvalue weighted by Gasteiger charge is -2.33. The van der Waals surface area contributed by atoms with Gasteiger partial charge >= 0.3 is 0 Å². The van der Waals surface area contributed by atoms with Gasteiger partial charge in [-0.1, -0.05) is 43.2 Å². The normalized spacial score (nSPS) is 21.7. The van der Waals surface area contributed by atoms with Crippen LogP contribution in [-0.2, 0) is 21.4 Å². The first-order chi connectivity index (χ1) is 17.5. The zero-order valence-corrected chi connectivity index (χ0v) is 21.6. The summed E-state index contributed by atoms with van der Waals surface area (Å²) >= 11 is 0. The zero-order chi connectivity index (χ0) is 25.2. The lowest BCUT2D eigenvalue weighted by molar-refractivity contribution is -0.132. The maximum atomic E-state index is 13.2. The molecule has 192 valence electrons. The van der Waals surface area contributed by atoms with E-state index in [0.29, 0.717) is 25.3 Å². The molecule has 0 radical (unpaired) electrons. The summed E-state index contributed by atoms with van der Waals surface area (Å²) in [6.45, 7) is 2.15. The van der Waals surface area contributed by atoms with Crippen LogP contribution in [0.25, 0.3) is 0 Å². The van der Waals surface area contributed by atoms with Crippen LogP contribution in [0.4, 0.5) is 0 Å². The van der Waals surface area contributed by atoms with Crippen LogP contribution >= 0.6 is 0 Å². The standard InChI is InChI=1S/C30H38N2O4/c1-35-24-10-11-26(36-2)22(18-24)19-27(33)32-16-14-29(15-17-32)20-25(29)28(34)31-21-30(12-6-7-13-30)23-8-4-3-5-9-23/h3-5,8-11,18,25H,6-7,12-17,19-21H2,1-2H3,(H,31,34). The Balaban J connectivity index is 1.14. The molecule has 1 unspecified atom stereocenters. The third-order valence-electron chi connectivity index (χ3n) is 9.00. The Hall–Kier alpha value is -3.02. The summed E-state index contributed by atoms with van der Waals surface area (Å²) in [5.41, 5.74) is 2.35. The predicted octanol–water partition coefficient (Wildman–Crippen LogP) is 4.50. The van der Waals surface area contributed by atoms with E-state index < -0.39 is 0 Å². The molecule has 2 aliphatic carbocycles. The molecule has 1 aliphatic heterocycles. The topological polar surface area (TPSA) is 67.9 Å². The highest BCUT2D eigenvalue weighted by Crippen LogP contribution is 2.59. The highest BCUT2D eigenvalue weighted by Gasteiger charge is 2.58. The van der Waals surface area contributed by atoms with Gasteiger partial charge in [-0.15, -0.1) is 0 Å². The number of likely N-dealkylation sites (tertiary alicyclic amines) is 1. The van der Waals surface area contributed by atoms with Crippen molar-refractivity contribution in [3.05, 3.63) is 59.7 Å². The van der Waals surface area contributed by atoms with Gasteiger partial charge in [0.1, 0.15) is 11.5 Å². The van der Waals surface area contributed by atoms with Crippen LogP contribution in [-0.4, -0.2) is 50.6 Å². The highest BCUT2D eigenvalue weighted by molar-refractivity contribution is 5.83. The summed E-state index contributed by atoms with van der Waals surface area (Å²) in [7, 11) is 3.24. The molecule has 2 amide bonds. The minimum Gasteiger partial charge on any atom is -0.497 e.